The van der Waals surface area contributed by atoms with Crippen molar-refractivity contribution in [3.8, 4) is 33.8 Å². The van der Waals surface area contributed by atoms with E-state index < -0.39 is 5.82 Å². The third-order valence-corrected chi connectivity index (χ3v) is 5.33. The van der Waals surface area contributed by atoms with Gasteiger partial charge in [-0.25, -0.2) is 14.4 Å². The molecule has 0 fully saturated rings. The van der Waals surface area contributed by atoms with Crippen LogP contribution in [0.3, 0.4) is 0 Å². The number of hydrogen-bond donors (Lipinski definition) is 3. The van der Waals surface area contributed by atoms with Gasteiger partial charge in [-0.2, -0.15) is 5.10 Å². The first-order chi connectivity index (χ1) is 15.7. The van der Waals surface area contributed by atoms with Crippen molar-refractivity contribution in [1.29, 1.82) is 0 Å². The number of nitrogen functional groups attached to an aromatic ring is 1. The number of rotatable bonds is 3. The number of nitrogens with zero attached hydrogens (tertiary/aromatic N) is 5. The molecule has 5 heterocycles. The van der Waals surface area contributed by atoms with E-state index in [1.807, 2.05) is 18.2 Å². The molecular weight excluding hydrogens is 407 g/mol. The predicted octanol–water partition coefficient (Wildman–Crippen LogP) is 4.35. The maximum atomic E-state index is 14.8. The van der Waals surface area contributed by atoms with Crippen LogP contribution in [0.15, 0.2) is 67.4 Å². The summed E-state index contributed by atoms with van der Waals surface area (Å²) in [5.74, 6) is 0.134. The Morgan fingerprint density at radius 3 is 2.59 bits per heavy atom. The highest BCUT2D eigenvalue weighted by molar-refractivity contribution is 5.97. The second-order valence-corrected chi connectivity index (χ2v) is 7.34. The summed E-state index contributed by atoms with van der Waals surface area (Å²) < 4.78 is 14.8. The van der Waals surface area contributed by atoms with E-state index in [0.717, 1.165) is 16.6 Å². The Labute approximate surface area is 180 Å². The van der Waals surface area contributed by atoms with Gasteiger partial charge < -0.3 is 10.7 Å². The summed E-state index contributed by atoms with van der Waals surface area (Å²) in [6.07, 6.45) is 8.28. The molecule has 0 saturated carbocycles. The highest BCUT2D eigenvalue weighted by Gasteiger charge is 2.18. The summed E-state index contributed by atoms with van der Waals surface area (Å²) in [4.78, 5) is 20.5. The summed E-state index contributed by atoms with van der Waals surface area (Å²) in [5.41, 5.74) is 11.7. The molecule has 8 nitrogen and oxygen atoms in total. The number of pyridine rings is 3. The number of aromatic nitrogens is 7. The zero-order valence-electron chi connectivity index (χ0n) is 16.5. The van der Waals surface area contributed by atoms with E-state index in [1.165, 1.54) is 12.3 Å². The lowest BCUT2D eigenvalue weighted by atomic mass is 10.0. The molecule has 0 aliphatic rings. The van der Waals surface area contributed by atoms with E-state index in [4.69, 9.17) is 5.73 Å². The molecule has 1 aromatic carbocycles. The van der Waals surface area contributed by atoms with E-state index in [0.29, 0.717) is 44.9 Å². The van der Waals surface area contributed by atoms with Crippen LogP contribution in [0.25, 0.3) is 55.8 Å². The Morgan fingerprint density at radius 1 is 0.875 bits per heavy atom. The fourth-order valence-electron chi connectivity index (χ4n) is 3.84. The first kappa shape index (κ1) is 18.1. The molecule has 9 heteroatoms. The summed E-state index contributed by atoms with van der Waals surface area (Å²) in [5, 5.41) is 8.00. The molecule has 32 heavy (non-hydrogen) atoms. The van der Waals surface area contributed by atoms with Gasteiger partial charge in [0.15, 0.2) is 11.5 Å². The minimum Gasteiger partial charge on any atom is -0.397 e. The average molecular weight is 422 g/mol. The van der Waals surface area contributed by atoms with Crippen molar-refractivity contribution >= 4 is 27.8 Å². The number of H-pyrrole nitrogens is 2. The van der Waals surface area contributed by atoms with Crippen molar-refractivity contribution in [1.82, 2.24) is 35.1 Å². The van der Waals surface area contributed by atoms with Gasteiger partial charge >= 0.3 is 0 Å². The molecular formula is C23H15FN8. The average Bonchev–Trinajstić information content (AvgIpc) is 3.42. The van der Waals surface area contributed by atoms with Gasteiger partial charge in [0.2, 0.25) is 0 Å². The molecule has 0 spiro atoms. The van der Waals surface area contributed by atoms with E-state index in [2.05, 4.69) is 35.1 Å². The fourth-order valence-corrected chi connectivity index (χ4v) is 3.84. The number of halogens is 1. The van der Waals surface area contributed by atoms with Crippen LogP contribution in [0.2, 0.25) is 0 Å². The van der Waals surface area contributed by atoms with Crippen LogP contribution in [-0.2, 0) is 0 Å². The van der Waals surface area contributed by atoms with Crippen LogP contribution in [0.5, 0.6) is 0 Å². The van der Waals surface area contributed by atoms with E-state index >= 15 is 0 Å². The van der Waals surface area contributed by atoms with Crippen molar-refractivity contribution in [2.45, 2.75) is 0 Å². The first-order valence-electron chi connectivity index (χ1n) is 9.81. The number of fused-ring (bicyclic) bond motifs is 2. The van der Waals surface area contributed by atoms with Crippen LogP contribution >= 0.6 is 0 Å². The Balaban J connectivity index is 1.54. The van der Waals surface area contributed by atoms with Gasteiger partial charge in [-0.1, -0.05) is 0 Å². The topological polar surface area (TPSA) is 122 Å². The minimum atomic E-state index is -0.397. The monoisotopic (exact) mass is 422 g/mol. The van der Waals surface area contributed by atoms with Crippen molar-refractivity contribution in [2.24, 2.45) is 0 Å². The lowest BCUT2D eigenvalue weighted by Crippen LogP contribution is -1.90. The molecule has 4 N–H and O–H groups in total. The van der Waals surface area contributed by atoms with Crippen LogP contribution < -0.4 is 5.73 Å². The van der Waals surface area contributed by atoms with Crippen molar-refractivity contribution in [3.05, 3.63) is 73.2 Å². The number of anilines is 1. The first-order valence-corrected chi connectivity index (χ1v) is 9.81. The van der Waals surface area contributed by atoms with Gasteiger partial charge in [0.05, 0.1) is 16.7 Å². The quantitative estimate of drug-likeness (QED) is 0.390. The van der Waals surface area contributed by atoms with Crippen LogP contribution in [0.1, 0.15) is 0 Å². The number of nitrogens with two attached hydrogens (primary N) is 1. The zero-order valence-corrected chi connectivity index (χ0v) is 16.5. The second-order valence-electron chi connectivity index (χ2n) is 7.34. The maximum absolute atomic E-state index is 14.8. The van der Waals surface area contributed by atoms with Crippen LogP contribution in [0.4, 0.5) is 10.1 Å². The molecule has 0 aliphatic carbocycles. The van der Waals surface area contributed by atoms with Gasteiger partial charge in [-0.05, 0) is 35.9 Å². The molecule has 0 unspecified atom stereocenters. The lowest BCUT2D eigenvalue weighted by Gasteiger charge is -2.05. The third kappa shape index (κ3) is 2.87. The highest BCUT2D eigenvalue weighted by atomic mass is 19.1. The molecule has 0 bridgehead atoms. The van der Waals surface area contributed by atoms with Crippen molar-refractivity contribution < 1.29 is 4.39 Å². The fraction of sp³-hybridized carbons (Fsp3) is 0. The Hall–Kier alpha value is -4.66. The lowest BCUT2D eigenvalue weighted by molar-refractivity contribution is 0.633. The van der Waals surface area contributed by atoms with Gasteiger partial charge in [-0.3, -0.25) is 15.1 Å². The number of hydrogen-bond acceptors (Lipinski definition) is 6. The maximum Gasteiger partial charge on any atom is 0.178 e. The molecule has 0 saturated heterocycles. The molecule has 6 aromatic rings. The van der Waals surface area contributed by atoms with Crippen LogP contribution in [-0.4, -0.2) is 35.1 Å². The Morgan fingerprint density at radius 2 is 1.75 bits per heavy atom. The minimum absolute atomic E-state index is 0.381. The number of aromatic amines is 2. The van der Waals surface area contributed by atoms with E-state index in [-0.39, 0.29) is 0 Å². The molecule has 0 amide bonds. The van der Waals surface area contributed by atoms with Gasteiger partial charge in [0.1, 0.15) is 11.5 Å². The zero-order chi connectivity index (χ0) is 21.7. The molecule has 0 radical (unpaired) electrons. The summed E-state index contributed by atoms with van der Waals surface area (Å²) in [6.45, 7) is 0. The predicted molar refractivity (Wildman–Crippen MR) is 120 cm³/mol. The number of nitrogens with one attached hydrogen (secondary N) is 2. The van der Waals surface area contributed by atoms with Gasteiger partial charge in [0.25, 0.3) is 0 Å². The standard InChI is InChI=1S/C23H15FN8/c24-18-9-19-17(8-16(18)13-7-14(25)11-27-10-13)21(32-31-19)23-29-20-15(3-6-28-22(20)30-23)12-1-4-26-5-2-12/h1-11H,25H2,(H,31,32)(H,28,29,30). The third-order valence-electron chi connectivity index (χ3n) is 5.33. The van der Waals surface area contributed by atoms with E-state index in [9.17, 15) is 4.39 Å². The summed E-state index contributed by atoms with van der Waals surface area (Å²) in [7, 11) is 0. The normalized spacial score (nSPS) is 11.4. The smallest absolute Gasteiger partial charge is 0.178 e. The molecule has 0 atom stereocenters. The van der Waals surface area contributed by atoms with Crippen molar-refractivity contribution in [3.63, 3.8) is 0 Å². The molecule has 5 aromatic heterocycles. The Kier molecular flexibility index (Phi) is 3.94. The van der Waals surface area contributed by atoms with E-state index in [1.54, 1.807) is 36.9 Å². The van der Waals surface area contributed by atoms with Crippen LogP contribution in [0, 0.1) is 5.82 Å². The molecule has 6 rings (SSSR count). The Bertz CT molecular complexity index is 1600. The summed E-state index contributed by atoms with van der Waals surface area (Å²) in [6, 6.07) is 10.6. The van der Waals surface area contributed by atoms with Gasteiger partial charge in [0, 0.05) is 59.1 Å². The SMILES string of the molecule is Nc1cncc(-c2cc3c(-c4nc5nccc(-c6ccncc6)c5[nH]4)n[nH]c3cc2F)c1. The largest absolute Gasteiger partial charge is 0.397 e. The highest BCUT2D eigenvalue weighted by Crippen LogP contribution is 2.33. The molecule has 154 valence electrons. The van der Waals surface area contributed by atoms with Gasteiger partial charge in [-0.15, -0.1) is 0 Å². The number of imidazole rings is 1. The summed E-state index contributed by atoms with van der Waals surface area (Å²) >= 11 is 0. The molecule has 0 aliphatic heterocycles. The number of benzene rings is 1. The second kappa shape index (κ2) is 6.95. The van der Waals surface area contributed by atoms with Crippen molar-refractivity contribution in [2.75, 3.05) is 5.73 Å².